The number of rotatable bonds is 5. The summed E-state index contributed by atoms with van der Waals surface area (Å²) in [6.07, 6.45) is 5.25. The molecule has 0 bridgehead atoms. The van der Waals surface area contributed by atoms with E-state index in [9.17, 15) is 0 Å². The lowest BCUT2D eigenvalue weighted by molar-refractivity contribution is 0.0522. The van der Waals surface area contributed by atoms with Gasteiger partial charge in [0.25, 0.3) is 0 Å². The molecule has 1 aliphatic carbocycles. The van der Waals surface area contributed by atoms with E-state index in [-0.39, 0.29) is 5.54 Å². The van der Waals surface area contributed by atoms with Gasteiger partial charge in [-0.2, -0.15) is 0 Å². The standard InChI is InChI=1S/C16H34N4/c1-15-4-6-16(14-17,7-5-15)19(3)10-13-20-11-8-18(2)9-12-20/h15H,4-14,17H2,1-3H3. The van der Waals surface area contributed by atoms with Crippen LogP contribution < -0.4 is 5.73 Å². The lowest BCUT2D eigenvalue weighted by Crippen LogP contribution is -2.56. The maximum atomic E-state index is 6.15. The second kappa shape index (κ2) is 7.21. The fraction of sp³-hybridized carbons (Fsp3) is 1.00. The first-order valence-corrected chi connectivity index (χ1v) is 8.38. The zero-order valence-corrected chi connectivity index (χ0v) is 13.8. The number of piperazine rings is 1. The third-order valence-corrected chi connectivity index (χ3v) is 5.74. The Bertz CT molecular complexity index is 278. The minimum absolute atomic E-state index is 0.277. The van der Waals surface area contributed by atoms with Gasteiger partial charge in [-0.3, -0.25) is 9.80 Å². The molecule has 1 aliphatic heterocycles. The van der Waals surface area contributed by atoms with Crippen LogP contribution in [0, 0.1) is 5.92 Å². The fourth-order valence-corrected chi connectivity index (χ4v) is 3.64. The summed E-state index contributed by atoms with van der Waals surface area (Å²) in [5.74, 6) is 0.890. The van der Waals surface area contributed by atoms with Crippen molar-refractivity contribution >= 4 is 0 Å². The Kier molecular flexibility index (Phi) is 5.84. The highest BCUT2D eigenvalue weighted by molar-refractivity contribution is 4.94. The molecule has 0 aromatic carbocycles. The highest BCUT2D eigenvalue weighted by Crippen LogP contribution is 2.34. The Morgan fingerprint density at radius 3 is 2.30 bits per heavy atom. The summed E-state index contributed by atoms with van der Waals surface area (Å²) in [4.78, 5) is 7.59. The Morgan fingerprint density at radius 2 is 1.75 bits per heavy atom. The molecule has 1 heterocycles. The van der Waals surface area contributed by atoms with Crippen LogP contribution in [0.15, 0.2) is 0 Å². The van der Waals surface area contributed by atoms with Gasteiger partial charge in [0.1, 0.15) is 0 Å². The molecule has 2 N–H and O–H groups in total. The van der Waals surface area contributed by atoms with Gasteiger partial charge in [-0.25, -0.2) is 0 Å². The quantitative estimate of drug-likeness (QED) is 0.818. The van der Waals surface area contributed by atoms with Crippen LogP contribution in [0.25, 0.3) is 0 Å². The summed E-state index contributed by atoms with van der Waals surface area (Å²) in [6.45, 7) is 10.4. The number of nitrogens with zero attached hydrogens (tertiary/aromatic N) is 3. The van der Waals surface area contributed by atoms with E-state index in [4.69, 9.17) is 5.73 Å². The average molecular weight is 282 g/mol. The smallest absolute Gasteiger partial charge is 0.0329 e. The zero-order chi connectivity index (χ0) is 14.6. The van der Waals surface area contributed by atoms with Gasteiger partial charge < -0.3 is 10.6 Å². The number of hydrogen-bond acceptors (Lipinski definition) is 4. The molecule has 2 aliphatic rings. The first-order valence-electron chi connectivity index (χ1n) is 8.38. The predicted molar refractivity (Wildman–Crippen MR) is 86.0 cm³/mol. The van der Waals surface area contributed by atoms with Crippen LogP contribution >= 0.6 is 0 Å². The molecule has 4 nitrogen and oxygen atoms in total. The van der Waals surface area contributed by atoms with Crippen molar-refractivity contribution in [1.82, 2.24) is 14.7 Å². The van der Waals surface area contributed by atoms with Gasteiger partial charge in [-0.1, -0.05) is 6.92 Å². The van der Waals surface area contributed by atoms with Crippen LogP contribution in [0.1, 0.15) is 32.6 Å². The van der Waals surface area contributed by atoms with Crippen molar-refractivity contribution in [3.05, 3.63) is 0 Å². The van der Waals surface area contributed by atoms with Crippen molar-refractivity contribution in [2.75, 3.05) is 59.9 Å². The first kappa shape index (κ1) is 16.2. The number of likely N-dealkylation sites (N-methyl/N-ethyl adjacent to an activating group) is 2. The van der Waals surface area contributed by atoms with E-state index < -0.39 is 0 Å². The highest BCUT2D eigenvalue weighted by atomic mass is 15.3. The Hall–Kier alpha value is -0.160. The maximum Gasteiger partial charge on any atom is 0.0329 e. The molecule has 2 rings (SSSR count). The molecule has 20 heavy (non-hydrogen) atoms. The van der Waals surface area contributed by atoms with Crippen molar-refractivity contribution in [2.45, 2.75) is 38.1 Å². The molecule has 1 saturated heterocycles. The summed E-state index contributed by atoms with van der Waals surface area (Å²) >= 11 is 0. The molecule has 1 saturated carbocycles. The molecule has 0 amide bonds. The molecular formula is C16H34N4. The van der Waals surface area contributed by atoms with Crippen LogP contribution in [-0.4, -0.2) is 80.1 Å². The van der Waals surface area contributed by atoms with E-state index in [0.29, 0.717) is 0 Å². The Labute approximate surface area is 125 Å². The summed E-state index contributed by atoms with van der Waals surface area (Å²) < 4.78 is 0. The van der Waals surface area contributed by atoms with Crippen LogP contribution in [0.5, 0.6) is 0 Å². The third kappa shape index (κ3) is 3.94. The normalized spacial score (nSPS) is 33.8. The van der Waals surface area contributed by atoms with Gasteiger partial charge >= 0.3 is 0 Å². The largest absolute Gasteiger partial charge is 0.329 e. The van der Waals surface area contributed by atoms with Crippen molar-refractivity contribution in [2.24, 2.45) is 11.7 Å². The molecule has 0 radical (unpaired) electrons. The summed E-state index contributed by atoms with van der Waals surface area (Å²) in [7, 11) is 4.51. The van der Waals surface area contributed by atoms with Crippen LogP contribution in [0.4, 0.5) is 0 Å². The van der Waals surface area contributed by atoms with Crippen molar-refractivity contribution in [3.8, 4) is 0 Å². The minimum atomic E-state index is 0.277. The molecule has 0 aromatic heterocycles. The fourth-order valence-electron chi connectivity index (χ4n) is 3.64. The second-order valence-corrected chi connectivity index (χ2v) is 7.18. The zero-order valence-electron chi connectivity index (χ0n) is 13.8. The van der Waals surface area contributed by atoms with Gasteiger partial charge in [0.2, 0.25) is 0 Å². The van der Waals surface area contributed by atoms with Crippen molar-refractivity contribution < 1.29 is 0 Å². The van der Waals surface area contributed by atoms with Crippen molar-refractivity contribution in [3.63, 3.8) is 0 Å². The monoisotopic (exact) mass is 282 g/mol. The molecule has 0 unspecified atom stereocenters. The molecule has 0 atom stereocenters. The number of hydrogen-bond donors (Lipinski definition) is 1. The molecule has 118 valence electrons. The first-order chi connectivity index (χ1) is 9.55. The van der Waals surface area contributed by atoms with Gasteiger partial charge in [0, 0.05) is 51.4 Å². The van der Waals surface area contributed by atoms with E-state index in [1.165, 1.54) is 58.4 Å². The van der Waals surface area contributed by atoms with Gasteiger partial charge in [-0.05, 0) is 45.7 Å². The third-order valence-electron chi connectivity index (χ3n) is 5.74. The summed E-state index contributed by atoms with van der Waals surface area (Å²) in [5, 5.41) is 0. The van der Waals surface area contributed by atoms with E-state index in [2.05, 4.69) is 35.7 Å². The van der Waals surface area contributed by atoms with Gasteiger partial charge in [0.15, 0.2) is 0 Å². The molecule has 0 aromatic rings. The van der Waals surface area contributed by atoms with Crippen LogP contribution in [0.2, 0.25) is 0 Å². The topological polar surface area (TPSA) is 35.7 Å². The lowest BCUT2D eigenvalue weighted by Gasteiger charge is -2.46. The van der Waals surface area contributed by atoms with Gasteiger partial charge in [0.05, 0.1) is 0 Å². The Balaban J connectivity index is 1.79. The SMILES string of the molecule is CC1CCC(CN)(N(C)CCN2CCN(C)CC2)CC1. The molecule has 0 spiro atoms. The Morgan fingerprint density at radius 1 is 1.15 bits per heavy atom. The lowest BCUT2D eigenvalue weighted by atomic mass is 9.76. The van der Waals surface area contributed by atoms with E-state index in [1.54, 1.807) is 0 Å². The maximum absolute atomic E-state index is 6.15. The van der Waals surface area contributed by atoms with Crippen LogP contribution in [0.3, 0.4) is 0 Å². The second-order valence-electron chi connectivity index (χ2n) is 7.18. The molecule has 4 heteroatoms. The van der Waals surface area contributed by atoms with E-state index in [1.807, 2.05) is 0 Å². The van der Waals surface area contributed by atoms with Gasteiger partial charge in [-0.15, -0.1) is 0 Å². The summed E-state index contributed by atoms with van der Waals surface area (Å²) in [6, 6.07) is 0. The number of nitrogens with two attached hydrogens (primary N) is 1. The van der Waals surface area contributed by atoms with Crippen molar-refractivity contribution in [1.29, 1.82) is 0 Å². The van der Waals surface area contributed by atoms with Crippen LogP contribution in [-0.2, 0) is 0 Å². The highest BCUT2D eigenvalue weighted by Gasteiger charge is 2.36. The van der Waals surface area contributed by atoms with E-state index in [0.717, 1.165) is 19.0 Å². The average Bonchev–Trinajstić information content (AvgIpc) is 2.47. The molecule has 2 fully saturated rings. The van der Waals surface area contributed by atoms with E-state index >= 15 is 0 Å². The predicted octanol–water partition coefficient (Wildman–Crippen LogP) is 1.07. The minimum Gasteiger partial charge on any atom is -0.329 e. The summed E-state index contributed by atoms with van der Waals surface area (Å²) in [5.41, 5.74) is 6.43. The molecular weight excluding hydrogens is 248 g/mol.